The summed E-state index contributed by atoms with van der Waals surface area (Å²) in [6.07, 6.45) is 1.22. The number of ether oxygens (including phenoxy) is 2. The highest BCUT2D eigenvalue weighted by Gasteiger charge is 2.45. The van der Waals surface area contributed by atoms with Crippen LogP contribution in [0.25, 0.3) is 0 Å². The molecule has 3 atom stereocenters. The van der Waals surface area contributed by atoms with E-state index in [9.17, 15) is 9.59 Å². The maximum atomic E-state index is 12.2. The fraction of sp³-hybridized carbons (Fsp3) is 0.765. The van der Waals surface area contributed by atoms with Crippen LogP contribution in [0.2, 0.25) is 18.1 Å². The van der Waals surface area contributed by atoms with Gasteiger partial charge >= 0.3 is 5.69 Å². The molecule has 0 saturated carbocycles. The molecule has 2 rings (SSSR count). The van der Waals surface area contributed by atoms with E-state index in [1.165, 1.54) is 4.57 Å². The second-order valence-electron chi connectivity index (χ2n) is 8.22. The van der Waals surface area contributed by atoms with Gasteiger partial charge in [0, 0.05) is 25.3 Å². The van der Waals surface area contributed by atoms with Gasteiger partial charge in [0.2, 0.25) is 0 Å². The number of aryl methyl sites for hydroxylation is 1. The fourth-order valence-electron chi connectivity index (χ4n) is 2.66. The van der Waals surface area contributed by atoms with Crippen LogP contribution in [0.5, 0.6) is 0 Å². The maximum absolute atomic E-state index is 12.2. The zero-order chi connectivity index (χ0) is 19.0. The van der Waals surface area contributed by atoms with Crippen LogP contribution in [0.1, 0.15) is 39.0 Å². The Labute approximate surface area is 149 Å². The van der Waals surface area contributed by atoms with Crippen LogP contribution in [0.3, 0.4) is 0 Å². The Bertz CT molecular complexity index is 719. The van der Waals surface area contributed by atoms with Gasteiger partial charge in [0.1, 0.15) is 12.3 Å². The smallest absolute Gasteiger partial charge is 0.330 e. The van der Waals surface area contributed by atoms with E-state index in [2.05, 4.69) is 38.8 Å². The molecule has 0 radical (unpaired) electrons. The minimum Gasteiger partial charge on any atom is -0.411 e. The lowest BCUT2D eigenvalue weighted by Crippen LogP contribution is -2.46. The van der Waals surface area contributed by atoms with E-state index in [-0.39, 0.29) is 22.8 Å². The summed E-state index contributed by atoms with van der Waals surface area (Å²) in [7, 11) is -0.364. The normalized spacial score (nSPS) is 24.7. The predicted octanol–water partition coefficient (Wildman–Crippen LogP) is 2.17. The van der Waals surface area contributed by atoms with Crippen LogP contribution in [-0.4, -0.2) is 43.8 Å². The average molecular weight is 371 g/mol. The van der Waals surface area contributed by atoms with Crippen molar-refractivity contribution in [1.82, 2.24) is 9.55 Å². The lowest BCUT2D eigenvalue weighted by molar-refractivity contribution is -0.0527. The Morgan fingerprint density at radius 2 is 2.00 bits per heavy atom. The number of hydrogen-bond donors (Lipinski definition) is 1. The molecule has 1 saturated heterocycles. The lowest BCUT2D eigenvalue weighted by Gasteiger charge is -2.39. The molecule has 8 heteroatoms. The Balaban J connectivity index is 2.27. The molecule has 0 aliphatic carbocycles. The van der Waals surface area contributed by atoms with Crippen molar-refractivity contribution in [3.05, 3.63) is 32.6 Å². The molecule has 3 unspecified atom stereocenters. The van der Waals surface area contributed by atoms with Crippen LogP contribution in [-0.2, 0) is 13.9 Å². The molecule has 1 aromatic heterocycles. The minimum absolute atomic E-state index is 0.0775. The van der Waals surface area contributed by atoms with Crippen LogP contribution in [0.15, 0.2) is 15.8 Å². The molecule has 1 N–H and O–H groups in total. The van der Waals surface area contributed by atoms with Gasteiger partial charge in [-0.2, -0.15) is 0 Å². The summed E-state index contributed by atoms with van der Waals surface area (Å²) < 4.78 is 19.3. The van der Waals surface area contributed by atoms with Crippen molar-refractivity contribution in [3.63, 3.8) is 0 Å². The second kappa shape index (κ2) is 7.18. The van der Waals surface area contributed by atoms with Crippen LogP contribution >= 0.6 is 0 Å². The number of methoxy groups -OCH3 is 1. The van der Waals surface area contributed by atoms with Gasteiger partial charge < -0.3 is 13.9 Å². The van der Waals surface area contributed by atoms with E-state index < -0.39 is 20.2 Å². The number of aromatic nitrogens is 2. The van der Waals surface area contributed by atoms with Gasteiger partial charge in [-0.1, -0.05) is 20.8 Å². The molecule has 1 aromatic rings. The summed E-state index contributed by atoms with van der Waals surface area (Å²) in [6, 6.07) is 0. The molecule has 1 aliphatic heterocycles. The third kappa shape index (κ3) is 4.31. The number of hydrogen-bond acceptors (Lipinski definition) is 5. The van der Waals surface area contributed by atoms with Gasteiger partial charge in [-0.05, 0) is 25.1 Å². The monoisotopic (exact) mass is 370 g/mol. The Hall–Kier alpha value is -1.22. The van der Waals surface area contributed by atoms with Gasteiger partial charge in [-0.15, -0.1) is 0 Å². The van der Waals surface area contributed by atoms with Crippen molar-refractivity contribution in [2.24, 2.45) is 0 Å². The van der Waals surface area contributed by atoms with Gasteiger partial charge in [0.25, 0.3) is 5.56 Å². The standard InChI is InChI=1S/C17H30N2O5Si/c1-11-9-19(16(21)18-15(11)20)14-8-12(13(23-14)10-22-5)24-25(6,7)17(2,3)4/h9,12-14H,8,10H2,1-7H3,(H,18,20,21). The first-order valence-corrected chi connectivity index (χ1v) is 11.5. The largest absolute Gasteiger partial charge is 0.411 e. The van der Waals surface area contributed by atoms with Crippen molar-refractivity contribution < 1.29 is 13.9 Å². The fourth-order valence-corrected chi connectivity index (χ4v) is 4.02. The Morgan fingerprint density at radius 1 is 1.36 bits per heavy atom. The van der Waals surface area contributed by atoms with E-state index in [1.807, 2.05) is 0 Å². The first-order chi connectivity index (χ1) is 11.5. The Morgan fingerprint density at radius 3 is 2.56 bits per heavy atom. The molecule has 25 heavy (non-hydrogen) atoms. The number of nitrogens with one attached hydrogen (secondary N) is 1. The van der Waals surface area contributed by atoms with E-state index in [4.69, 9.17) is 13.9 Å². The van der Waals surface area contributed by atoms with E-state index in [0.717, 1.165) is 0 Å². The third-order valence-corrected chi connectivity index (χ3v) is 9.72. The highest BCUT2D eigenvalue weighted by atomic mass is 28.4. The molecule has 0 aromatic carbocycles. The molecule has 1 aliphatic rings. The zero-order valence-corrected chi connectivity index (χ0v) is 17.2. The first-order valence-electron chi connectivity index (χ1n) is 8.60. The highest BCUT2D eigenvalue weighted by Crippen LogP contribution is 2.40. The van der Waals surface area contributed by atoms with E-state index in [1.54, 1.807) is 20.2 Å². The number of aromatic amines is 1. The zero-order valence-electron chi connectivity index (χ0n) is 16.2. The summed E-state index contributed by atoms with van der Waals surface area (Å²) in [5.41, 5.74) is -0.369. The summed E-state index contributed by atoms with van der Waals surface area (Å²) in [5, 5.41) is 0.0775. The van der Waals surface area contributed by atoms with Crippen LogP contribution < -0.4 is 11.2 Å². The topological polar surface area (TPSA) is 82.5 Å². The van der Waals surface area contributed by atoms with Crippen molar-refractivity contribution in [1.29, 1.82) is 0 Å². The van der Waals surface area contributed by atoms with Crippen molar-refractivity contribution in [2.75, 3.05) is 13.7 Å². The molecular formula is C17H30N2O5Si. The number of rotatable bonds is 5. The molecule has 1 fully saturated rings. The lowest BCUT2D eigenvalue weighted by atomic mass is 10.2. The van der Waals surface area contributed by atoms with Gasteiger partial charge in [0.05, 0.1) is 12.7 Å². The van der Waals surface area contributed by atoms with Gasteiger partial charge in [0.15, 0.2) is 8.32 Å². The molecule has 2 heterocycles. The van der Waals surface area contributed by atoms with Crippen molar-refractivity contribution in [3.8, 4) is 0 Å². The average Bonchev–Trinajstić information content (AvgIpc) is 2.84. The minimum atomic E-state index is -1.99. The number of H-pyrrole nitrogens is 1. The first kappa shape index (κ1) is 20.1. The molecule has 142 valence electrons. The summed E-state index contributed by atoms with van der Waals surface area (Å²) in [5.74, 6) is 0. The molecule has 7 nitrogen and oxygen atoms in total. The predicted molar refractivity (Wildman–Crippen MR) is 98.5 cm³/mol. The second-order valence-corrected chi connectivity index (χ2v) is 13.0. The molecule has 0 amide bonds. The summed E-state index contributed by atoms with van der Waals surface area (Å²) >= 11 is 0. The van der Waals surface area contributed by atoms with Crippen LogP contribution in [0.4, 0.5) is 0 Å². The summed E-state index contributed by atoms with van der Waals surface area (Å²) in [6.45, 7) is 13.0. The maximum Gasteiger partial charge on any atom is 0.330 e. The number of nitrogens with zero attached hydrogens (tertiary/aromatic N) is 1. The molecule has 0 bridgehead atoms. The van der Waals surface area contributed by atoms with Crippen molar-refractivity contribution in [2.45, 2.75) is 70.7 Å². The highest BCUT2D eigenvalue weighted by molar-refractivity contribution is 6.74. The van der Waals surface area contributed by atoms with Gasteiger partial charge in [-0.25, -0.2) is 4.79 Å². The summed E-state index contributed by atoms with van der Waals surface area (Å²) in [4.78, 5) is 26.1. The molecule has 0 spiro atoms. The molecular weight excluding hydrogens is 340 g/mol. The van der Waals surface area contributed by atoms with Crippen LogP contribution in [0, 0.1) is 6.92 Å². The van der Waals surface area contributed by atoms with E-state index in [0.29, 0.717) is 18.6 Å². The van der Waals surface area contributed by atoms with Gasteiger partial charge in [-0.3, -0.25) is 14.3 Å². The quantitative estimate of drug-likeness (QED) is 0.803. The van der Waals surface area contributed by atoms with Crippen molar-refractivity contribution >= 4 is 8.32 Å². The Kier molecular flexibility index (Phi) is 5.77. The third-order valence-electron chi connectivity index (χ3n) is 5.22. The van der Waals surface area contributed by atoms with E-state index >= 15 is 0 Å². The SMILES string of the molecule is COCC1OC(n2cc(C)c(=O)[nH]c2=O)CC1O[Si](C)(C)C(C)(C)C.